The Bertz CT molecular complexity index is 1100. The number of anilines is 2. The molecule has 0 saturated carbocycles. The molecule has 7 nitrogen and oxygen atoms in total. The first kappa shape index (κ1) is 19.7. The zero-order valence-electron chi connectivity index (χ0n) is 14.8. The van der Waals surface area contributed by atoms with Crippen LogP contribution in [0.15, 0.2) is 61.4 Å². The van der Waals surface area contributed by atoms with Crippen molar-refractivity contribution in [1.82, 2.24) is 9.78 Å². The van der Waals surface area contributed by atoms with Gasteiger partial charge in [0.05, 0.1) is 42.1 Å². The van der Waals surface area contributed by atoms with E-state index in [2.05, 4.69) is 11.7 Å². The number of methoxy groups -OCH3 is 1. The Balaban J connectivity index is 2.10. The first-order valence-electron chi connectivity index (χ1n) is 8.04. The summed E-state index contributed by atoms with van der Waals surface area (Å²) in [7, 11) is -1.88. The molecule has 0 aliphatic rings. The van der Waals surface area contributed by atoms with Crippen molar-refractivity contribution in [2.24, 2.45) is 0 Å². The number of halogens is 1. The number of carbonyl (C=O) groups is 1. The third-order valence-corrected chi connectivity index (χ3v) is 4.98. The minimum absolute atomic E-state index is 0.0957. The summed E-state index contributed by atoms with van der Waals surface area (Å²) < 4.78 is 31.4. The normalized spacial score (nSPS) is 10.7. The van der Waals surface area contributed by atoms with E-state index < -0.39 is 16.9 Å². The van der Waals surface area contributed by atoms with Crippen molar-refractivity contribution >= 4 is 45.9 Å². The van der Waals surface area contributed by atoms with E-state index in [1.54, 1.807) is 36.4 Å². The van der Waals surface area contributed by atoms with Crippen LogP contribution in [0.1, 0.15) is 15.9 Å². The lowest BCUT2D eigenvalue weighted by atomic mass is 10.1. The van der Waals surface area contributed by atoms with Crippen molar-refractivity contribution in [2.75, 3.05) is 11.4 Å². The molecule has 0 amide bonds. The Kier molecular flexibility index (Phi) is 5.81. The second kappa shape index (κ2) is 8.28. The van der Waals surface area contributed by atoms with E-state index in [1.807, 2.05) is 0 Å². The Labute approximate surface area is 168 Å². The van der Waals surface area contributed by atoms with Crippen LogP contribution in [0.3, 0.4) is 0 Å². The average Bonchev–Trinajstić information content (AvgIpc) is 3.17. The molecule has 0 saturated heterocycles. The van der Waals surface area contributed by atoms with E-state index >= 15 is 0 Å². The number of hydrogen-bond acceptors (Lipinski definition) is 5. The van der Waals surface area contributed by atoms with Crippen molar-refractivity contribution in [1.29, 1.82) is 0 Å². The minimum atomic E-state index is -3.11. The van der Waals surface area contributed by atoms with E-state index in [4.69, 9.17) is 16.3 Å². The third kappa shape index (κ3) is 3.92. The summed E-state index contributed by atoms with van der Waals surface area (Å²) in [6.45, 7) is 3.66. The number of rotatable bonds is 6. The van der Waals surface area contributed by atoms with Crippen LogP contribution in [0.4, 0.5) is 11.4 Å². The number of nitrogens with zero attached hydrogens (tertiary/aromatic N) is 3. The zero-order chi connectivity index (χ0) is 20.3. The fourth-order valence-electron chi connectivity index (χ4n) is 2.62. The van der Waals surface area contributed by atoms with Gasteiger partial charge in [-0.15, -0.1) is 0 Å². The molecule has 0 N–H and O–H groups in total. The molecule has 144 valence electrons. The summed E-state index contributed by atoms with van der Waals surface area (Å²) in [6, 6.07) is 11.6. The smallest absolute Gasteiger partial charge is 0.340 e. The van der Waals surface area contributed by atoms with Gasteiger partial charge in [-0.25, -0.2) is 22.2 Å². The molecule has 0 fully saturated rings. The molecule has 1 aromatic heterocycles. The van der Waals surface area contributed by atoms with Gasteiger partial charge < -0.3 is 4.74 Å². The standard InChI is InChI=1S/C19H16ClN3O4S/c1-3-13-4-9-18(17(10-13)19(24)27-2)23(28(25)26)16-11-21-22(12-16)15-7-5-14(20)6-8-15/h3-12,28H,1H2,2H3. The molecule has 9 heteroatoms. The van der Waals surface area contributed by atoms with Crippen molar-refractivity contribution in [3.63, 3.8) is 0 Å². The fourth-order valence-corrected chi connectivity index (χ4v) is 3.39. The number of aromatic nitrogens is 2. The fraction of sp³-hybridized carbons (Fsp3) is 0.0526. The quantitative estimate of drug-likeness (QED) is 0.489. The number of thiol groups is 1. The molecule has 0 aliphatic heterocycles. The number of esters is 1. The van der Waals surface area contributed by atoms with Crippen molar-refractivity contribution in [3.05, 3.63) is 77.6 Å². The maximum atomic E-state index is 12.2. The number of hydrogen-bond donors (Lipinski definition) is 1. The van der Waals surface area contributed by atoms with Gasteiger partial charge in [0, 0.05) is 5.02 Å². The highest BCUT2D eigenvalue weighted by Gasteiger charge is 2.22. The molecule has 3 rings (SSSR count). The number of benzene rings is 2. The van der Waals surface area contributed by atoms with Crippen LogP contribution in [0.25, 0.3) is 11.8 Å². The van der Waals surface area contributed by atoms with E-state index in [0.29, 0.717) is 16.3 Å². The van der Waals surface area contributed by atoms with Crippen molar-refractivity contribution < 1.29 is 17.9 Å². The highest BCUT2D eigenvalue weighted by atomic mass is 35.5. The lowest BCUT2D eigenvalue weighted by Gasteiger charge is -2.19. The molecular weight excluding hydrogens is 402 g/mol. The van der Waals surface area contributed by atoms with Crippen LogP contribution in [0.2, 0.25) is 5.02 Å². The molecule has 0 atom stereocenters. The predicted molar refractivity (Wildman–Crippen MR) is 109 cm³/mol. The van der Waals surface area contributed by atoms with Gasteiger partial charge in [-0.1, -0.05) is 30.3 Å². The average molecular weight is 418 g/mol. The third-order valence-electron chi connectivity index (χ3n) is 3.96. The number of carbonyl (C=O) groups excluding carboxylic acids is 1. The first-order chi connectivity index (χ1) is 13.4. The highest BCUT2D eigenvalue weighted by Crippen LogP contribution is 2.31. The molecular formula is C19H16ClN3O4S. The molecule has 0 aliphatic carbocycles. The Morgan fingerprint density at radius 3 is 2.57 bits per heavy atom. The summed E-state index contributed by atoms with van der Waals surface area (Å²) in [6.07, 6.45) is 4.48. The second-order valence-electron chi connectivity index (χ2n) is 5.64. The van der Waals surface area contributed by atoms with Crippen molar-refractivity contribution in [2.45, 2.75) is 0 Å². The van der Waals surface area contributed by atoms with Crippen LogP contribution in [0, 0.1) is 0 Å². The largest absolute Gasteiger partial charge is 0.465 e. The van der Waals surface area contributed by atoms with E-state index in [9.17, 15) is 13.2 Å². The molecule has 0 radical (unpaired) electrons. The molecule has 0 bridgehead atoms. The number of ether oxygens (including phenoxy) is 1. The maximum absolute atomic E-state index is 12.2. The summed E-state index contributed by atoms with van der Waals surface area (Å²) in [5, 5.41) is 4.78. The first-order valence-corrected chi connectivity index (χ1v) is 9.55. The summed E-state index contributed by atoms with van der Waals surface area (Å²) in [5.74, 6) is -0.661. The lowest BCUT2D eigenvalue weighted by molar-refractivity contribution is 0.0601. The molecule has 1 heterocycles. The van der Waals surface area contributed by atoms with Crippen LogP contribution in [-0.2, 0) is 15.6 Å². The summed E-state index contributed by atoms with van der Waals surface area (Å²) in [4.78, 5) is 12.2. The minimum Gasteiger partial charge on any atom is -0.465 e. The van der Waals surface area contributed by atoms with Gasteiger partial charge in [0.15, 0.2) is 0 Å². The Morgan fingerprint density at radius 1 is 1.25 bits per heavy atom. The summed E-state index contributed by atoms with van der Waals surface area (Å²) >= 11 is 5.89. The van der Waals surface area contributed by atoms with Crippen LogP contribution in [-0.4, -0.2) is 31.3 Å². The Morgan fingerprint density at radius 2 is 1.96 bits per heavy atom. The van der Waals surface area contributed by atoms with Gasteiger partial charge in [-0.05, 0) is 42.0 Å². The van der Waals surface area contributed by atoms with Gasteiger partial charge in [0.25, 0.3) is 0 Å². The van der Waals surface area contributed by atoms with Crippen LogP contribution in [0.5, 0.6) is 0 Å². The van der Waals surface area contributed by atoms with Gasteiger partial charge in [0.2, 0.25) is 10.9 Å². The van der Waals surface area contributed by atoms with Gasteiger partial charge in [-0.2, -0.15) is 5.10 Å². The molecule has 0 unspecified atom stereocenters. The van der Waals surface area contributed by atoms with E-state index in [-0.39, 0.29) is 16.9 Å². The SMILES string of the molecule is C=Cc1ccc(N(c2cnn(-c3ccc(Cl)cc3)c2)[SH](=O)=O)c(C(=O)OC)c1. The van der Waals surface area contributed by atoms with Gasteiger partial charge in [-0.3, -0.25) is 0 Å². The molecule has 0 spiro atoms. The molecule has 28 heavy (non-hydrogen) atoms. The maximum Gasteiger partial charge on any atom is 0.340 e. The molecule has 3 aromatic rings. The van der Waals surface area contributed by atoms with Crippen molar-refractivity contribution in [3.8, 4) is 5.69 Å². The van der Waals surface area contributed by atoms with Crippen LogP contribution < -0.4 is 4.31 Å². The highest BCUT2D eigenvalue weighted by molar-refractivity contribution is 7.74. The van der Waals surface area contributed by atoms with Gasteiger partial charge >= 0.3 is 5.97 Å². The van der Waals surface area contributed by atoms with Crippen LogP contribution >= 0.6 is 11.6 Å². The predicted octanol–water partition coefficient (Wildman–Crippen LogP) is 3.62. The van der Waals surface area contributed by atoms with E-state index in [0.717, 1.165) is 4.31 Å². The lowest BCUT2D eigenvalue weighted by Crippen LogP contribution is -2.18. The second-order valence-corrected chi connectivity index (χ2v) is 6.95. The zero-order valence-corrected chi connectivity index (χ0v) is 16.4. The van der Waals surface area contributed by atoms with Gasteiger partial charge in [0.1, 0.15) is 0 Å². The van der Waals surface area contributed by atoms with E-state index in [1.165, 1.54) is 36.3 Å². The topological polar surface area (TPSA) is 81.5 Å². The molecule has 2 aromatic carbocycles. The Hall–Kier alpha value is -3.10. The monoisotopic (exact) mass is 417 g/mol. The summed E-state index contributed by atoms with van der Waals surface area (Å²) in [5.41, 5.74) is 1.87.